The molecule has 1 aliphatic rings. The van der Waals surface area contributed by atoms with E-state index in [1.807, 2.05) is 36.4 Å². The fraction of sp³-hybridized carbons (Fsp3) is 0.100. The Kier molecular flexibility index (Phi) is 3.89. The van der Waals surface area contributed by atoms with Crippen LogP contribution in [0.2, 0.25) is 0 Å². The zero-order valence-electron chi connectivity index (χ0n) is 14.3. The molecule has 1 aromatic heterocycles. The van der Waals surface area contributed by atoms with Crippen LogP contribution in [0.25, 0.3) is 5.69 Å². The van der Waals surface area contributed by atoms with Crippen molar-refractivity contribution in [3.63, 3.8) is 0 Å². The Hall–Kier alpha value is -3.66. The molecule has 0 aliphatic carbocycles. The molecule has 3 aromatic rings. The molecule has 0 fully saturated rings. The summed E-state index contributed by atoms with van der Waals surface area (Å²) >= 11 is 0. The fourth-order valence-corrected chi connectivity index (χ4v) is 3.33. The first-order valence-electron chi connectivity index (χ1n) is 8.19. The van der Waals surface area contributed by atoms with Crippen LogP contribution in [0.4, 0.5) is 8.78 Å². The minimum atomic E-state index is -1.04. The lowest BCUT2D eigenvalue weighted by Crippen LogP contribution is -2.23. The minimum absolute atomic E-state index is 0.0535. The van der Waals surface area contributed by atoms with Crippen molar-refractivity contribution in [2.24, 2.45) is 5.73 Å². The summed E-state index contributed by atoms with van der Waals surface area (Å²) in [7, 11) is 0. The van der Waals surface area contributed by atoms with Crippen LogP contribution in [0.15, 0.2) is 60.0 Å². The number of rotatable bonds is 2. The van der Waals surface area contributed by atoms with Crippen molar-refractivity contribution in [3.8, 4) is 17.6 Å². The number of allylic oxidation sites excluding steroid dienone is 1. The molecule has 2 heterocycles. The van der Waals surface area contributed by atoms with Crippen LogP contribution in [0, 0.1) is 29.9 Å². The third kappa shape index (κ3) is 2.54. The number of nitrogens with zero attached hydrogens (tertiary/aromatic N) is 3. The maximum absolute atomic E-state index is 14.5. The molecule has 4 rings (SSSR count). The van der Waals surface area contributed by atoms with E-state index in [-0.39, 0.29) is 22.9 Å². The molecule has 0 saturated carbocycles. The fourth-order valence-electron chi connectivity index (χ4n) is 3.33. The molecule has 0 amide bonds. The lowest BCUT2D eigenvalue weighted by Gasteiger charge is -2.25. The van der Waals surface area contributed by atoms with E-state index in [0.29, 0.717) is 16.9 Å². The Morgan fingerprint density at radius 3 is 2.37 bits per heavy atom. The van der Waals surface area contributed by atoms with Crippen molar-refractivity contribution in [2.45, 2.75) is 12.8 Å². The lowest BCUT2D eigenvalue weighted by atomic mass is 9.83. The molecule has 0 bridgehead atoms. The van der Waals surface area contributed by atoms with Gasteiger partial charge in [0.05, 0.1) is 22.9 Å². The minimum Gasteiger partial charge on any atom is -0.422 e. The number of fused-ring (bicyclic) bond motifs is 1. The number of aromatic nitrogens is 2. The molecular weight excluding hydrogens is 350 g/mol. The third-order valence-corrected chi connectivity index (χ3v) is 4.52. The first-order chi connectivity index (χ1) is 13.0. The van der Waals surface area contributed by atoms with Crippen LogP contribution in [0.5, 0.6) is 5.88 Å². The lowest BCUT2D eigenvalue weighted by molar-refractivity contribution is 0.365. The van der Waals surface area contributed by atoms with Gasteiger partial charge in [-0.25, -0.2) is 13.5 Å². The highest BCUT2D eigenvalue weighted by atomic mass is 19.1. The molecule has 0 saturated heterocycles. The number of para-hydroxylation sites is 1. The van der Waals surface area contributed by atoms with Gasteiger partial charge in [0.15, 0.2) is 0 Å². The molecule has 1 atom stereocenters. The highest BCUT2D eigenvalue weighted by Crippen LogP contribution is 2.45. The second-order valence-corrected chi connectivity index (χ2v) is 6.11. The molecule has 7 heteroatoms. The maximum atomic E-state index is 14.5. The van der Waals surface area contributed by atoms with Crippen molar-refractivity contribution in [2.75, 3.05) is 0 Å². The Morgan fingerprint density at radius 2 is 1.74 bits per heavy atom. The predicted molar refractivity (Wildman–Crippen MR) is 94.0 cm³/mol. The molecule has 0 radical (unpaired) electrons. The summed E-state index contributed by atoms with van der Waals surface area (Å²) in [6, 6.07) is 14.6. The first-order valence-corrected chi connectivity index (χ1v) is 8.19. The van der Waals surface area contributed by atoms with Gasteiger partial charge >= 0.3 is 0 Å². The molecule has 1 aliphatic heterocycles. The Balaban J connectivity index is 2.02. The van der Waals surface area contributed by atoms with Crippen LogP contribution in [-0.2, 0) is 0 Å². The molecule has 27 heavy (non-hydrogen) atoms. The summed E-state index contributed by atoms with van der Waals surface area (Å²) in [4.78, 5) is 0. The molecule has 0 unspecified atom stereocenters. The quantitative estimate of drug-likeness (QED) is 0.753. The van der Waals surface area contributed by atoms with Gasteiger partial charge in [-0.05, 0) is 31.2 Å². The highest BCUT2D eigenvalue weighted by Gasteiger charge is 2.38. The van der Waals surface area contributed by atoms with Gasteiger partial charge in [-0.2, -0.15) is 10.4 Å². The van der Waals surface area contributed by atoms with E-state index < -0.39 is 17.6 Å². The first kappa shape index (κ1) is 16.8. The van der Waals surface area contributed by atoms with E-state index in [1.165, 1.54) is 10.7 Å². The molecule has 2 aromatic carbocycles. The average Bonchev–Trinajstić information content (AvgIpc) is 2.98. The van der Waals surface area contributed by atoms with Crippen molar-refractivity contribution in [1.82, 2.24) is 9.78 Å². The second kappa shape index (κ2) is 6.25. The van der Waals surface area contributed by atoms with Gasteiger partial charge in [0.25, 0.3) is 0 Å². The van der Waals surface area contributed by atoms with Gasteiger partial charge in [-0.1, -0.05) is 24.3 Å². The molecule has 2 N–H and O–H groups in total. The maximum Gasteiger partial charge on any atom is 0.229 e. The summed E-state index contributed by atoms with van der Waals surface area (Å²) in [5, 5.41) is 14.0. The number of nitrogens with two attached hydrogens (primary N) is 1. The number of ether oxygens (including phenoxy) is 1. The van der Waals surface area contributed by atoms with Gasteiger partial charge in [0.1, 0.15) is 23.3 Å². The van der Waals surface area contributed by atoms with E-state index in [1.54, 1.807) is 6.92 Å². The van der Waals surface area contributed by atoms with Crippen LogP contribution >= 0.6 is 0 Å². The second-order valence-electron chi connectivity index (χ2n) is 6.11. The van der Waals surface area contributed by atoms with E-state index in [9.17, 15) is 14.0 Å². The number of hydrogen-bond donors (Lipinski definition) is 1. The van der Waals surface area contributed by atoms with Crippen LogP contribution in [0.1, 0.15) is 22.7 Å². The largest absolute Gasteiger partial charge is 0.422 e. The number of hydrogen-bond acceptors (Lipinski definition) is 4. The van der Waals surface area contributed by atoms with Crippen LogP contribution in [-0.4, -0.2) is 9.78 Å². The van der Waals surface area contributed by atoms with Gasteiger partial charge in [-0.3, -0.25) is 0 Å². The molecule has 0 spiro atoms. The monoisotopic (exact) mass is 364 g/mol. The van der Waals surface area contributed by atoms with Crippen molar-refractivity contribution >= 4 is 0 Å². The number of halogens is 2. The summed E-state index contributed by atoms with van der Waals surface area (Å²) < 4.78 is 36.3. The van der Waals surface area contributed by atoms with E-state index >= 15 is 0 Å². The van der Waals surface area contributed by atoms with E-state index in [2.05, 4.69) is 5.10 Å². The smallest absolute Gasteiger partial charge is 0.229 e. The van der Waals surface area contributed by atoms with Crippen molar-refractivity contribution in [3.05, 3.63) is 88.4 Å². The normalized spacial score (nSPS) is 15.9. The zero-order chi connectivity index (χ0) is 19.1. The van der Waals surface area contributed by atoms with Crippen LogP contribution < -0.4 is 10.5 Å². The number of nitriles is 1. The van der Waals surface area contributed by atoms with Gasteiger partial charge < -0.3 is 10.5 Å². The highest BCUT2D eigenvalue weighted by molar-refractivity contribution is 5.57. The topological polar surface area (TPSA) is 76.9 Å². The third-order valence-electron chi connectivity index (χ3n) is 4.52. The number of benzene rings is 2. The van der Waals surface area contributed by atoms with Crippen molar-refractivity contribution < 1.29 is 13.5 Å². The molecule has 5 nitrogen and oxygen atoms in total. The zero-order valence-corrected chi connectivity index (χ0v) is 14.3. The summed E-state index contributed by atoms with van der Waals surface area (Å²) in [5.74, 6) is -2.53. The number of aryl methyl sites for hydroxylation is 1. The Morgan fingerprint density at radius 1 is 1.07 bits per heavy atom. The molecule has 134 valence electrons. The Labute approximate surface area is 153 Å². The van der Waals surface area contributed by atoms with E-state index in [0.717, 1.165) is 12.1 Å². The summed E-state index contributed by atoms with van der Waals surface area (Å²) in [6.07, 6.45) is 0. The summed E-state index contributed by atoms with van der Waals surface area (Å²) in [5.41, 5.74) is 7.23. The summed E-state index contributed by atoms with van der Waals surface area (Å²) in [6.45, 7) is 1.70. The van der Waals surface area contributed by atoms with Gasteiger partial charge in [0, 0.05) is 5.56 Å². The van der Waals surface area contributed by atoms with Gasteiger partial charge in [-0.15, -0.1) is 0 Å². The standard InChI is InChI=1S/C20H14F2N4O/c1-11-16-17(18-14(21)8-5-9-15(18)22)13(10-23)19(24)27-20(16)26(25-11)12-6-3-2-4-7-12/h2-9,17H,24H2,1H3/t17-/m1/s1. The van der Waals surface area contributed by atoms with Crippen LogP contribution in [0.3, 0.4) is 0 Å². The van der Waals surface area contributed by atoms with Crippen molar-refractivity contribution in [1.29, 1.82) is 5.26 Å². The average molecular weight is 364 g/mol. The molecular formula is C20H14F2N4O. The Bertz CT molecular complexity index is 1090. The van der Waals surface area contributed by atoms with E-state index in [4.69, 9.17) is 10.5 Å². The predicted octanol–water partition coefficient (Wildman–Crippen LogP) is 3.68. The SMILES string of the molecule is Cc1nn(-c2ccccc2)c2c1[C@H](c1c(F)cccc1F)C(C#N)=C(N)O2. The van der Waals surface area contributed by atoms with Gasteiger partial charge in [0.2, 0.25) is 11.8 Å².